The SMILES string of the molecule is [2H]C([2H])([2H])C(Nc1cc(C)cc(C)c1)C([2H])([2H])[2H]. The second-order valence-electron chi connectivity index (χ2n) is 2.95. The molecule has 0 bridgehead atoms. The van der Waals surface area contributed by atoms with Gasteiger partial charge < -0.3 is 5.32 Å². The van der Waals surface area contributed by atoms with Gasteiger partial charge in [-0.15, -0.1) is 0 Å². The Hall–Kier alpha value is -0.980. The van der Waals surface area contributed by atoms with E-state index in [0.717, 1.165) is 11.1 Å². The summed E-state index contributed by atoms with van der Waals surface area (Å²) in [5.41, 5.74) is 2.42. The summed E-state index contributed by atoms with van der Waals surface area (Å²) >= 11 is 0. The molecule has 0 aliphatic rings. The van der Waals surface area contributed by atoms with Gasteiger partial charge in [0.1, 0.15) is 0 Å². The Morgan fingerprint density at radius 1 is 1.17 bits per heavy atom. The summed E-state index contributed by atoms with van der Waals surface area (Å²) in [5, 5.41) is 2.62. The van der Waals surface area contributed by atoms with Gasteiger partial charge in [-0.25, -0.2) is 0 Å². The number of anilines is 1. The molecule has 0 aromatic heterocycles. The first kappa shape index (κ1) is 3.82. The Balaban J connectivity index is 3.04. The number of benzene rings is 1. The van der Waals surface area contributed by atoms with Crippen molar-refractivity contribution in [3.63, 3.8) is 0 Å². The van der Waals surface area contributed by atoms with Gasteiger partial charge in [0.25, 0.3) is 0 Å². The summed E-state index contributed by atoms with van der Waals surface area (Å²) in [5.74, 6) is 0. The molecule has 1 aromatic carbocycles. The minimum atomic E-state index is -2.58. The normalized spacial score (nSPS) is 19.9. The van der Waals surface area contributed by atoms with Gasteiger partial charge in [-0.2, -0.15) is 0 Å². The van der Waals surface area contributed by atoms with Crippen LogP contribution in [-0.2, 0) is 0 Å². The highest BCUT2D eigenvalue weighted by Crippen LogP contribution is 2.14. The van der Waals surface area contributed by atoms with E-state index in [9.17, 15) is 0 Å². The van der Waals surface area contributed by atoms with Crippen LogP contribution in [0.3, 0.4) is 0 Å². The van der Waals surface area contributed by atoms with Crippen molar-refractivity contribution < 1.29 is 8.22 Å². The predicted octanol–water partition coefficient (Wildman–Crippen LogP) is 3.12. The van der Waals surface area contributed by atoms with Crippen molar-refractivity contribution >= 4 is 5.69 Å². The first-order valence-corrected chi connectivity index (χ1v) is 3.85. The van der Waals surface area contributed by atoms with E-state index in [1.807, 2.05) is 19.9 Å². The number of aryl methyl sites for hydroxylation is 2. The van der Waals surface area contributed by atoms with E-state index < -0.39 is 19.7 Å². The lowest BCUT2D eigenvalue weighted by atomic mass is 10.1. The minimum Gasteiger partial charge on any atom is -0.383 e. The van der Waals surface area contributed by atoms with E-state index in [-0.39, 0.29) is 0 Å². The van der Waals surface area contributed by atoms with Gasteiger partial charge in [0.05, 0.1) is 0 Å². The fraction of sp³-hybridized carbons (Fsp3) is 0.455. The molecule has 0 aliphatic carbocycles. The Morgan fingerprint density at radius 3 is 2.25 bits per heavy atom. The topological polar surface area (TPSA) is 12.0 Å². The lowest BCUT2D eigenvalue weighted by Gasteiger charge is -2.11. The second-order valence-corrected chi connectivity index (χ2v) is 2.95. The van der Waals surface area contributed by atoms with E-state index in [1.165, 1.54) is 0 Å². The predicted molar refractivity (Wildman–Crippen MR) is 54.7 cm³/mol. The fourth-order valence-corrected chi connectivity index (χ4v) is 1.22. The van der Waals surface area contributed by atoms with Crippen LogP contribution in [0.5, 0.6) is 0 Å². The van der Waals surface area contributed by atoms with Crippen LogP contribution >= 0.6 is 0 Å². The molecule has 0 atom stereocenters. The molecule has 0 saturated heterocycles. The molecule has 1 rings (SSSR count). The van der Waals surface area contributed by atoms with Gasteiger partial charge in [-0.05, 0) is 50.8 Å². The number of rotatable bonds is 2. The molecule has 66 valence electrons. The maximum atomic E-state index is 7.31. The van der Waals surface area contributed by atoms with Crippen LogP contribution in [0, 0.1) is 13.8 Å². The van der Waals surface area contributed by atoms with Crippen LogP contribution in [0.2, 0.25) is 0 Å². The molecule has 0 spiro atoms. The molecule has 1 aromatic rings. The molecular weight excluding hydrogens is 146 g/mol. The van der Waals surface area contributed by atoms with Crippen molar-refractivity contribution in [2.45, 2.75) is 33.6 Å². The fourth-order valence-electron chi connectivity index (χ4n) is 1.22. The van der Waals surface area contributed by atoms with E-state index >= 15 is 0 Å². The molecule has 0 unspecified atom stereocenters. The lowest BCUT2D eigenvalue weighted by molar-refractivity contribution is 0.899. The van der Waals surface area contributed by atoms with E-state index in [4.69, 9.17) is 8.22 Å². The standard InChI is InChI=1S/C11H17N/c1-8(2)12-11-6-9(3)5-10(4)7-11/h5-8,12H,1-4H3/i1D3,2D3. The van der Waals surface area contributed by atoms with Crippen molar-refractivity contribution in [3.05, 3.63) is 29.3 Å². The molecular formula is C11H17N. The van der Waals surface area contributed by atoms with E-state index in [0.29, 0.717) is 5.69 Å². The molecule has 0 amide bonds. The summed E-state index contributed by atoms with van der Waals surface area (Å²) in [4.78, 5) is 0. The van der Waals surface area contributed by atoms with E-state index in [1.54, 1.807) is 12.1 Å². The zero-order valence-electron chi connectivity index (χ0n) is 13.3. The van der Waals surface area contributed by atoms with Gasteiger partial charge in [0, 0.05) is 20.0 Å². The van der Waals surface area contributed by atoms with E-state index in [2.05, 4.69) is 5.32 Å². The van der Waals surface area contributed by atoms with Crippen molar-refractivity contribution in [2.75, 3.05) is 5.32 Å². The highest BCUT2D eigenvalue weighted by Gasteiger charge is 1.96. The number of hydrogen-bond donors (Lipinski definition) is 1. The van der Waals surface area contributed by atoms with Gasteiger partial charge in [0.15, 0.2) is 0 Å². The van der Waals surface area contributed by atoms with Crippen LogP contribution in [0.25, 0.3) is 0 Å². The molecule has 1 heteroatoms. The summed E-state index contributed by atoms with van der Waals surface area (Å²) in [6, 6.07) is 3.84. The molecule has 0 aliphatic heterocycles. The van der Waals surface area contributed by atoms with Crippen molar-refractivity contribution in [1.82, 2.24) is 0 Å². The molecule has 12 heavy (non-hydrogen) atoms. The van der Waals surface area contributed by atoms with Crippen molar-refractivity contribution in [1.29, 1.82) is 0 Å². The van der Waals surface area contributed by atoms with Gasteiger partial charge >= 0.3 is 0 Å². The zero-order valence-corrected chi connectivity index (χ0v) is 7.31. The van der Waals surface area contributed by atoms with Crippen LogP contribution in [0.4, 0.5) is 5.69 Å². The van der Waals surface area contributed by atoms with Gasteiger partial charge in [0.2, 0.25) is 0 Å². The summed E-state index contributed by atoms with van der Waals surface area (Å²) < 4.78 is 43.9. The lowest BCUT2D eigenvalue weighted by Crippen LogP contribution is -2.09. The van der Waals surface area contributed by atoms with Crippen LogP contribution < -0.4 is 5.32 Å². The highest BCUT2D eigenvalue weighted by molar-refractivity contribution is 5.48. The third-order valence-electron chi connectivity index (χ3n) is 1.53. The average molecular weight is 169 g/mol. The quantitative estimate of drug-likeness (QED) is 0.717. The molecule has 0 saturated carbocycles. The second kappa shape index (κ2) is 3.61. The number of hydrogen-bond acceptors (Lipinski definition) is 1. The summed E-state index contributed by atoms with van der Waals surface area (Å²) in [6.45, 7) is -1.42. The van der Waals surface area contributed by atoms with Gasteiger partial charge in [-0.1, -0.05) is 6.07 Å². The number of nitrogens with one attached hydrogen (secondary N) is 1. The molecule has 0 radical (unpaired) electrons. The first-order valence-electron chi connectivity index (χ1n) is 6.85. The summed E-state index contributed by atoms with van der Waals surface area (Å²) in [6.07, 6.45) is 0. The summed E-state index contributed by atoms with van der Waals surface area (Å²) in [7, 11) is 0. The van der Waals surface area contributed by atoms with Crippen LogP contribution in [0.1, 0.15) is 33.1 Å². The van der Waals surface area contributed by atoms with Crippen LogP contribution in [0.15, 0.2) is 18.2 Å². The Kier molecular flexibility index (Phi) is 1.15. The smallest absolute Gasteiger partial charge is 0.0347 e. The maximum Gasteiger partial charge on any atom is 0.0347 e. The zero-order chi connectivity index (χ0) is 14.1. The largest absolute Gasteiger partial charge is 0.383 e. The van der Waals surface area contributed by atoms with Gasteiger partial charge in [-0.3, -0.25) is 0 Å². The maximum absolute atomic E-state index is 7.31. The third-order valence-corrected chi connectivity index (χ3v) is 1.53. The van der Waals surface area contributed by atoms with Crippen LogP contribution in [-0.4, -0.2) is 6.04 Å². The molecule has 0 heterocycles. The Labute approximate surface area is 83.2 Å². The Bertz CT molecular complexity index is 386. The molecule has 1 nitrogen and oxygen atoms in total. The third kappa shape index (κ3) is 2.57. The monoisotopic (exact) mass is 169 g/mol. The molecule has 1 N–H and O–H groups in total. The average Bonchev–Trinajstić information content (AvgIpc) is 2.08. The van der Waals surface area contributed by atoms with Crippen molar-refractivity contribution in [3.8, 4) is 0 Å². The van der Waals surface area contributed by atoms with Crippen molar-refractivity contribution in [2.24, 2.45) is 0 Å². The Morgan fingerprint density at radius 2 is 1.75 bits per heavy atom. The highest BCUT2D eigenvalue weighted by atomic mass is 14.9. The first-order chi connectivity index (χ1) is 8.00. The minimum absolute atomic E-state index is 0.518. The molecule has 0 fully saturated rings.